The fourth-order valence-corrected chi connectivity index (χ4v) is 3.19. The smallest absolute Gasteiger partial charge is 0.276 e. The molecule has 2 aromatic rings. The van der Waals surface area contributed by atoms with Gasteiger partial charge < -0.3 is 0 Å². The summed E-state index contributed by atoms with van der Waals surface area (Å²) in [6.45, 7) is 0. The number of carbonyl (C=O) groups is 4. The number of urea groups is 1. The Kier molecular flexibility index (Phi) is 6.51. The lowest BCUT2D eigenvalue weighted by atomic mass is 10.1. The van der Waals surface area contributed by atoms with E-state index in [2.05, 4.69) is 10.5 Å². The molecule has 3 rings (SSSR count). The van der Waals surface area contributed by atoms with Gasteiger partial charge in [-0.2, -0.15) is 18.3 Å². The van der Waals surface area contributed by atoms with Crippen LogP contribution in [0.3, 0.4) is 0 Å². The van der Waals surface area contributed by atoms with Gasteiger partial charge in [-0.05, 0) is 36.4 Å². The first-order valence-corrected chi connectivity index (χ1v) is 9.39. The number of rotatable bonds is 4. The van der Waals surface area contributed by atoms with Gasteiger partial charge in [-0.25, -0.2) is 15.1 Å². The highest BCUT2D eigenvalue weighted by molar-refractivity contribution is 6.37. The maximum Gasteiger partial charge on any atom is 0.416 e. The molecule has 0 unspecified atom stereocenters. The standard InChI is InChI=1S/C19H11Cl2F3N4O4/c20-10-4-5-12(14(21)7-10)16(30)27-25-8-13-15(29)26-18(32)28(17(13)31)11-3-1-2-9(6-11)19(22,23)24/h1-8,13H,(H,27,30)(H,26,29,32)/b25-8-/t13-/m0/s1. The van der Waals surface area contributed by atoms with Gasteiger partial charge in [0.15, 0.2) is 5.92 Å². The van der Waals surface area contributed by atoms with Crippen molar-refractivity contribution in [2.75, 3.05) is 4.90 Å². The van der Waals surface area contributed by atoms with E-state index >= 15 is 0 Å². The van der Waals surface area contributed by atoms with E-state index in [1.807, 2.05) is 5.32 Å². The second-order valence-corrected chi connectivity index (χ2v) is 7.18. The third-order valence-corrected chi connectivity index (χ3v) is 4.75. The zero-order valence-corrected chi connectivity index (χ0v) is 17.1. The first-order valence-electron chi connectivity index (χ1n) is 8.63. The van der Waals surface area contributed by atoms with Crippen LogP contribution in [0.4, 0.5) is 23.7 Å². The Morgan fingerprint density at radius 1 is 1.12 bits per heavy atom. The molecular formula is C19H11Cl2F3N4O4. The fraction of sp³-hybridized carbons (Fsp3) is 0.105. The number of hydrogen-bond acceptors (Lipinski definition) is 5. The van der Waals surface area contributed by atoms with Crippen molar-refractivity contribution in [1.29, 1.82) is 0 Å². The molecule has 1 aliphatic heterocycles. The highest BCUT2D eigenvalue weighted by Gasteiger charge is 2.41. The van der Waals surface area contributed by atoms with Crippen molar-refractivity contribution in [3.63, 3.8) is 0 Å². The molecule has 1 saturated heterocycles. The van der Waals surface area contributed by atoms with Crippen molar-refractivity contribution in [3.05, 3.63) is 63.6 Å². The van der Waals surface area contributed by atoms with Gasteiger partial charge in [-0.15, -0.1) is 0 Å². The molecule has 2 N–H and O–H groups in total. The van der Waals surface area contributed by atoms with E-state index in [4.69, 9.17) is 23.2 Å². The van der Waals surface area contributed by atoms with Crippen molar-refractivity contribution in [1.82, 2.24) is 10.7 Å². The molecule has 0 bridgehead atoms. The molecule has 5 amide bonds. The van der Waals surface area contributed by atoms with Crippen molar-refractivity contribution >= 4 is 58.9 Å². The van der Waals surface area contributed by atoms with E-state index in [-0.39, 0.29) is 10.6 Å². The molecule has 13 heteroatoms. The largest absolute Gasteiger partial charge is 0.416 e. The van der Waals surface area contributed by atoms with Crippen molar-refractivity contribution < 1.29 is 32.3 Å². The van der Waals surface area contributed by atoms with E-state index in [0.29, 0.717) is 16.0 Å². The van der Waals surface area contributed by atoms with Crippen molar-refractivity contribution in [2.24, 2.45) is 11.0 Å². The maximum absolute atomic E-state index is 13.0. The number of anilines is 1. The molecule has 0 radical (unpaired) electrons. The van der Waals surface area contributed by atoms with Crippen LogP contribution in [0.25, 0.3) is 0 Å². The van der Waals surface area contributed by atoms with Gasteiger partial charge in [0.25, 0.3) is 11.8 Å². The van der Waals surface area contributed by atoms with Gasteiger partial charge in [0.2, 0.25) is 5.91 Å². The van der Waals surface area contributed by atoms with E-state index in [1.165, 1.54) is 18.2 Å². The summed E-state index contributed by atoms with van der Waals surface area (Å²) in [4.78, 5) is 49.4. The molecule has 0 spiro atoms. The summed E-state index contributed by atoms with van der Waals surface area (Å²) < 4.78 is 38.9. The van der Waals surface area contributed by atoms with Crippen LogP contribution in [0.2, 0.25) is 10.0 Å². The number of nitrogens with zero attached hydrogens (tertiary/aromatic N) is 2. The Labute approximate surface area is 188 Å². The first-order chi connectivity index (χ1) is 15.0. The monoisotopic (exact) mass is 486 g/mol. The third-order valence-electron chi connectivity index (χ3n) is 4.20. The van der Waals surface area contributed by atoms with Gasteiger partial charge in [-0.3, -0.25) is 19.7 Å². The number of imide groups is 2. The summed E-state index contributed by atoms with van der Waals surface area (Å²) in [6.07, 6.45) is -3.97. The van der Waals surface area contributed by atoms with Crippen LogP contribution in [0.1, 0.15) is 15.9 Å². The molecular weight excluding hydrogens is 476 g/mol. The highest BCUT2D eigenvalue weighted by Crippen LogP contribution is 2.32. The van der Waals surface area contributed by atoms with Crippen LogP contribution in [-0.4, -0.2) is 30.0 Å². The molecule has 0 aromatic heterocycles. The Bertz CT molecular complexity index is 1150. The van der Waals surface area contributed by atoms with E-state index in [9.17, 15) is 32.3 Å². The van der Waals surface area contributed by atoms with Crippen LogP contribution < -0.4 is 15.6 Å². The van der Waals surface area contributed by atoms with Gasteiger partial charge in [0.1, 0.15) is 0 Å². The SMILES string of the molecule is O=C(N/N=C\[C@H]1C(=O)NC(=O)N(c2cccc(C(F)(F)F)c2)C1=O)c1ccc(Cl)cc1Cl. The Morgan fingerprint density at radius 3 is 2.50 bits per heavy atom. The van der Waals surface area contributed by atoms with Gasteiger partial charge in [0.05, 0.1) is 21.8 Å². The molecule has 1 aliphatic rings. The fourth-order valence-electron chi connectivity index (χ4n) is 2.69. The quantitative estimate of drug-likeness (QED) is 0.390. The normalized spacial score (nSPS) is 17.0. The van der Waals surface area contributed by atoms with Gasteiger partial charge in [-0.1, -0.05) is 29.3 Å². The van der Waals surface area contributed by atoms with Crippen LogP contribution in [0, 0.1) is 5.92 Å². The number of alkyl halides is 3. The molecule has 1 fully saturated rings. The summed E-state index contributed by atoms with van der Waals surface area (Å²) in [5.74, 6) is -4.69. The third kappa shape index (κ3) is 4.89. The van der Waals surface area contributed by atoms with Gasteiger partial charge >= 0.3 is 12.2 Å². The Balaban J connectivity index is 1.80. The zero-order valence-electron chi connectivity index (χ0n) is 15.6. The minimum atomic E-state index is -4.71. The number of carbonyl (C=O) groups excluding carboxylic acids is 4. The summed E-state index contributed by atoms with van der Waals surface area (Å²) in [6, 6.07) is 6.28. The molecule has 1 atom stereocenters. The average Bonchev–Trinajstić information content (AvgIpc) is 2.69. The van der Waals surface area contributed by atoms with Crippen molar-refractivity contribution in [2.45, 2.75) is 6.18 Å². The average molecular weight is 487 g/mol. The lowest BCUT2D eigenvalue weighted by molar-refractivity contribution is -0.138. The van der Waals surface area contributed by atoms with Crippen LogP contribution in [0.15, 0.2) is 47.6 Å². The molecule has 32 heavy (non-hydrogen) atoms. The van der Waals surface area contributed by atoms with Crippen molar-refractivity contribution in [3.8, 4) is 0 Å². The van der Waals surface area contributed by atoms with Crippen LogP contribution in [0.5, 0.6) is 0 Å². The lowest BCUT2D eigenvalue weighted by Crippen LogP contribution is -2.58. The number of hydrazone groups is 1. The zero-order chi connectivity index (χ0) is 23.6. The maximum atomic E-state index is 13.0. The molecule has 0 aliphatic carbocycles. The number of halogens is 5. The lowest BCUT2D eigenvalue weighted by Gasteiger charge is -2.28. The van der Waals surface area contributed by atoms with Crippen LogP contribution >= 0.6 is 23.2 Å². The molecule has 0 saturated carbocycles. The first kappa shape index (κ1) is 23.2. The topological polar surface area (TPSA) is 108 Å². The Hall–Kier alpha value is -3.44. The summed E-state index contributed by atoms with van der Waals surface area (Å²) in [5, 5.41) is 5.70. The molecule has 8 nitrogen and oxygen atoms in total. The molecule has 1 heterocycles. The van der Waals surface area contributed by atoms with E-state index in [0.717, 1.165) is 24.4 Å². The molecule has 2 aromatic carbocycles. The van der Waals surface area contributed by atoms with E-state index in [1.54, 1.807) is 0 Å². The highest BCUT2D eigenvalue weighted by atomic mass is 35.5. The predicted molar refractivity (Wildman–Crippen MR) is 108 cm³/mol. The minimum Gasteiger partial charge on any atom is -0.276 e. The number of barbiturate groups is 1. The second-order valence-electron chi connectivity index (χ2n) is 6.34. The van der Waals surface area contributed by atoms with Gasteiger partial charge in [0, 0.05) is 11.2 Å². The minimum absolute atomic E-state index is 0.00779. The summed E-state index contributed by atoms with van der Waals surface area (Å²) >= 11 is 11.7. The summed E-state index contributed by atoms with van der Waals surface area (Å²) in [5.41, 5.74) is 0.578. The molecule has 166 valence electrons. The Morgan fingerprint density at radius 2 is 1.84 bits per heavy atom. The summed E-state index contributed by atoms with van der Waals surface area (Å²) in [7, 11) is 0. The van der Waals surface area contributed by atoms with E-state index < -0.39 is 47.1 Å². The number of hydrogen-bond donors (Lipinski definition) is 2. The predicted octanol–water partition coefficient (Wildman–Crippen LogP) is 3.63. The number of amides is 5. The van der Waals surface area contributed by atoms with Crippen LogP contribution in [-0.2, 0) is 15.8 Å². The second kappa shape index (κ2) is 8.97. The number of nitrogens with one attached hydrogen (secondary N) is 2. The number of benzene rings is 2.